The van der Waals surface area contributed by atoms with Gasteiger partial charge in [-0.25, -0.2) is 0 Å². The van der Waals surface area contributed by atoms with Crippen molar-refractivity contribution in [3.63, 3.8) is 0 Å². The van der Waals surface area contributed by atoms with Crippen molar-refractivity contribution >= 4 is 0 Å². The molecule has 0 heterocycles. The van der Waals surface area contributed by atoms with Gasteiger partial charge in [-0.15, -0.1) is 0 Å². The van der Waals surface area contributed by atoms with Gasteiger partial charge in [-0.05, 0) is 20.8 Å². The van der Waals surface area contributed by atoms with Crippen LogP contribution in [0.5, 0.6) is 0 Å². The highest BCUT2D eigenvalue weighted by Crippen LogP contribution is 2.08. The molecule has 1 atom stereocenters. The van der Waals surface area contributed by atoms with Crippen molar-refractivity contribution in [2.75, 3.05) is 19.7 Å². The molecule has 0 aliphatic heterocycles. The van der Waals surface area contributed by atoms with Crippen LogP contribution in [0.2, 0.25) is 0 Å². The quantitative estimate of drug-likeness (QED) is 0.398. The number of aliphatic hydroxyl groups excluding tert-OH is 2. The van der Waals surface area contributed by atoms with Crippen molar-refractivity contribution in [3.8, 4) is 0 Å². The standard InChI is InChI=1S/C8H19NO3/c1-8(2,3)12-7(11)6-9-4-5-10/h7,9-11H,4-6H2,1-3H3. The van der Waals surface area contributed by atoms with Crippen molar-refractivity contribution < 1.29 is 14.9 Å². The summed E-state index contributed by atoms with van der Waals surface area (Å²) in [5.74, 6) is 0. The molecule has 0 aliphatic rings. The highest BCUT2D eigenvalue weighted by atomic mass is 16.6. The Kier molecular flexibility index (Phi) is 5.41. The van der Waals surface area contributed by atoms with Crippen LogP contribution in [0.25, 0.3) is 0 Å². The second-order valence-corrected chi connectivity index (χ2v) is 3.61. The average molecular weight is 177 g/mol. The maximum Gasteiger partial charge on any atom is 0.167 e. The van der Waals surface area contributed by atoms with E-state index in [1.54, 1.807) is 0 Å². The minimum Gasteiger partial charge on any atom is -0.395 e. The molecule has 0 radical (unpaired) electrons. The maximum atomic E-state index is 9.25. The fourth-order valence-electron chi connectivity index (χ4n) is 0.754. The summed E-state index contributed by atoms with van der Waals surface area (Å²) in [5, 5.41) is 20.5. The molecule has 12 heavy (non-hydrogen) atoms. The van der Waals surface area contributed by atoms with Gasteiger partial charge in [-0.1, -0.05) is 0 Å². The predicted octanol–water partition coefficient (Wildman–Crippen LogP) is -0.298. The number of rotatable bonds is 5. The SMILES string of the molecule is CC(C)(C)OC(O)CNCCO. The van der Waals surface area contributed by atoms with Crippen molar-refractivity contribution in [2.45, 2.75) is 32.7 Å². The highest BCUT2D eigenvalue weighted by molar-refractivity contribution is 4.61. The molecule has 4 nitrogen and oxygen atoms in total. The van der Waals surface area contributed by atoms with Crippen molar-refractivity contribution in [1.29, 1.82) is 0 Å². The van der Waals surface area contributed by atoms with Crippen LogP contribution in [0.1, 0.15) is 20.8 Å². The normalized spacial score (nSPS) is 14.8. The number of ether oxygens (including phenoxy) is 1. The van der Waals surface area contributed by atoms with Crippen LogP contribution in [0.3, 0.4) is 0 Å². The van der Waals surface area contributed by atoms with Gasteiger partial charge in [-0.3, -0.25) is 0 Å². The van der Waals surface area contributed by atoms with Crippen LogP contribution >= 0.6 is 0 Å². The fourth-order valence-corrected chi connectivity index (χ4v) is 0.754. The van der Waals surface area contributed by atoms with Crippen LogP contribution < -0.4 is 5.32 Å². The van der Waals surface area contributed by atoms with Gasteiger partial charge in [0.05, 0.1) is 12.2 Å². The lowest BCUT2D eigenvalue weighted by Gasteiger charge is -2.23. The van der Waals surface area contributed by atoms with Gasteiger partial charge in [0.25, 0.3) is 0 Å². The molecule has 3 N–H and O–H groups in total. The van der Waals surface area contributed by atoms with Crippen LogP contribution in [0, 0.1) is 0 Å². The van der Waals surface area contributed by atoms with Gasteiger partial charge in [0, 0.05) is 13.1 Å². The summed E-state index contributed by atoms with van der Waals surface area (Å²) in [4.78, 5) is 0. The van der Waals surface area contributed by atoms with E-state index >= 15 is 0 Å². The Balaban J connectivity index is 3.40. The zero-order valence-corrected chi connectivity index (χ0v) is 8.00. The Bertz CT molecular complexity index is 111. The third kappa shape index (κ3) is 7.94. The largest absolute Gasteiger partial charge is 0.395 e. The molecule has 74 valence electrons. The summed E-state index contributed by atoms with van der Waals surface area (Å²) in [6.45, 7) is 6.53. The molecule has 0 amide bonds. The number of hydrogen-bond donors (Lipinski definition) is 3. The first kappa shape index (κ1) is 11.8. The first-order valence-electron chi connectivity index (χ1n) is 4.13. The van der Waals surface area contributed by atoms with Crippen molar-refractivity contribution in [2.24, 2.45) is 0 Å². The summed E-state index contributed by atoms with van der Waals surface area (Å²) in [5.41, 5.74) is -0.333. The molecule has 0 saturated heterocycles. The molecular weight excluding hydrogens is 158 g/mol. The van der Waals surface area contributed by atoms with E-state index < -0.39 is 6.29 Å². The van der Waals surface area contributed by atoms with E-state index in [0.717, 1.165) is 0 Å². The van der Waals surface area contributed by atoms with Crippen molar-refractivity contribution in [1.82, 2.24) is 5.32 Å². The number of nitrogens with one attached hydrogen (secondary N) is 1. The van der Waals surface area contributed by atoms with E-state index in [4.69, 9.17) is 9.84 Å². The Labute approximate surface area is 73.5 Å². The molecule has 0 aromatic rings. The topological polar surface area (TPSA) is 61.7 Å². The van der Waals surface area contributed by atoms with Gasteiger partial charge < -0.3 is 20.3 Å². The lowest BCUT2D eigenvalue weighted by atomic mass is 10.2. The Morgan fingerprint density at radius 2 is 2.00 bits per heavy atom. The molecule has 4 heteroatoms. The van der Waals surface area contributed by atoms with Gasteiger partial charge in [0.1, 0.15) is 0 Å². The van der Waals surface area contributed by atoms with E-state index in [-0.39, 0.29) is 12.2 Å². The molecule has 0 bridgehead atoms. The lowest BCUT2D eigenvalue weighted by Crippen LogP contribution is -2.36. The lowest BCUT2D eigenvalue weighted by molar-refractivity contribution is -0.162. The summed E-state index contributed by atoms with van der Waals surface area (Å²) in [7, 11) is 0. The van der Waals surface area contributed by atoms with E-state index in [0.29, 0.717) is 13.1 Å². The van der Waals surface area contributed by atoms with Gasteiger partial charge >= 0.3 is 0 Å². The fraction of sp³-hybridized carbons (Fsp3) is 1.00. The summed E-state index contributed by atoms with van der Waals surface area (Å²) >= 11 is 0. The molecule has 0 fully saturated rings. The van der Waals surface area contributed by atoms with Crippen LogP contribution in [0.15, 0.2) is 0 Å². The number of aliphatic hydroxyl groups is 2. The van der Waals surface area contributed by atoms with Crippen LogP contribution in [-0.4, -0.2) is 41.8 Å². The van der Waals surface area contributed by atoms with Crippen LogP contribution in [0.4, 0.5) is 0 Å². The summed E-state index contributed by atoms with van der Waals surface area (Å²) in [6, 6.07) is 0. The zero-order chi connectivity index (χ0) is 9.61. The number of hydrogen-bond acceptors (Lipinski definition) is 4. The third-order valence-corrected chi connectivity index (χ3v) is 1.10. The molecule has 0 saturated carbocycles. The first-order chi connectivity index (χ1) is 5.45. The van der Waals surface area contributed by atoms with Crippen molar-refractivity contribution in [3.05, 3.63) is 0 Å². The first-order valence-corrected chi connectivity index (χ1v) is 4.13. The van der Waals surface area contributed by atoms with E-state index in [1.165, 1.54) is 0 Å². The minimum atomic E-state index is -0.809. The summed E-state index contributed by atoms with van der Waals surface area (Å²) < 4.78 is 5.20. The molecule has 0 rings (SSSR count). The smallest absolute Gasteiger partial charge is 0.167 e. The second kappa shape index (κ2) is 5.48. The monoisotopic (exact) mass is 177 g/mol. The third-order valence-electron chi connectivity index (χ3n) is 1.10. The molecule has 0 aromatic heterocycles. The average Bonchev–Trinajstić information content (AvgIpc) is 1.84. The van der Waals surface area contributed by atoms with Crippen LogP contribution in [-0.2, 0) is 4.74 Å². The molecule has 0 aromatic carbocycles. The molecular formula is C8H19NO3. The van der Waals surface area contributed by atoms with Gasteiger partial charge in [-0.2, -0.15) is 0 Å². The van der Waals surface area contributed by atoms with Gasteiger partial charge in [0.2, 0.25) is 0 Å². The Morgan fingerprint density at radius 1 is 1.42 bits per heavy atom. The molecule has 1 unspecified atom stereocenters. The second-order valence-electron chi connectivity index (χ2n) is 3.61. The Hall–Kier alpha value is -0.160. The highest BCUT2D eigenvalue weighted by Gasteiger charge is 2.15. The molecule has 0 aliphatic carbocycles. The predicted molar refractivity (Wildman–Crippen MR) is 46.8 cm³/mol. The van der Waals surface area contributed by atoms with E-state index in [9.17, 15) is 5.11 Å². The van der Waals surface area contributed by atoms with E-state index in [1.807, 2.05) is 20.8 Å². The van der Waals surface area contributed by atoms with E-state index in [2.05, 4.69) is 5.32 Å². The summed E-state index contributed by atoms with van der Waals surface area (Å²) in [6.07, 6.45) is -0.809. The molecule has 0 spiro atoms. The maximum absolute atomic E-state index is 9.25. The minimum absolute atomic E-state index is 0.0717. The zero-order valence-electron chi connectivity index (χ0n) is 8.00. The Morgan fingerprint density at radius 3 is 2.42 bits per heavy atom. The van der Waals surface area contributed by atoms with Gasteiger partial charge in [0.15, 0.2) is 6.29 Å².